The Labute approximate surface area is 214 Å². The molecule has 0 aromatic heterocycles. The standard InChI is InChI=1S/C28H28N4O5/c1-31-26(34)28(16-19-7-3-2-4-8-19)18-32(14-13-24(28)30-31)25(33)23(37-27(29)35)17-36-22-12-11-20-9-5-6-10-21(20)15-22/h2-12,15,23H,13-14,16-18H2,1H3,(H2,29,35)/t23?,28-/m1/s1. The van der Waals surface area contributed by atoms with E-state index in [1.54, 1.807) is 18.0 Å². The Kier molecular flexibility index (Phi) is 6.52. The lowest BCUT2D eigenvalue weighted by Gasteiger charge is -2.40. The number of likely N-dealkylation sites (tertiary alicyclic amines) is 1. The number of ether oxygens (including phenoxy) is 2. The number of nitrogens with zero attached hydrogens (tertiary/aromatic N) is 3. The zero-order valence-electron chi connectivity index (χ0n) is 20.5. The fourth-order valence-electron chi connectivity index (χ4n) is 5.14. The van der Waals surface area contributed by atoms with Gasteiger partial charge in [-0.2, -0.15) is 5.10 Å². The van der Waals surface area contributed by atoms with Gasteiger partial charge >= 0.3 is 6.09 Å². The largest absolute Gasteiger partial charge is 0.489 e. The number of nitrogens with two attached hydrogens (primary N) is 1. The summed E-state index contributed by atoms with van der Waals surface area (Å²) in [6, 6.07) is 23.0. The van der Waals surface area contributed by atoms with Gasteiger partial charge in [0.2, 0.25) is 6.10 Å². The molecule has 2 aliphatic rings. The molecule has 190 valence electrons. The van der Waals surface area contributed by atoms with E-state index in [1.807, 2.05) is 66.7 Å². The molecule has 0 spiro atoms. The van der Waals surface area contributed by atoms with Crippen molar-refractivity contribution in [2.45, 2.75) is 18.9 Å². The van der Waals surface area contributed by atoms with E-state index in [2.05, 4.69) is 5.10 Å². The molecule has 3 amide bonds. The number of hydrogen-bond donors (Lipinski definition) is 1. The van der Waals surface area contributed by atoms with Crippen LogP contribution in [0, 0.1) is 5.41 Å². The van der Waals surface area contributed by atoms with Gasteiger partial charge in [0.05, 0.1) is 5.71 Å². The molecule has 2 heterocycles. The van der Waals surface area contributed by atoms with E-state index in [4.69, 9.17) is 15.2 Å². The van der Waals surface area contributed by atoms with Crippen LogP contribution in [-0.4, -0.2) is 66.4 Å². The SMILES string of the molecule is CN1N=C2CCN(C(=O)C(COc3ccc4ccccc4c3)OC(N)=O)C[C@@]2(Cc2ccccc2)C1=O. The van der Waals surface area contributed by atoms with Crippen molar-refractivity contribution in [2.24, 2.45) is 16.3 Å². The molecule has 0 aliphatic carbocycles. The Hall–Kier alpha value is -4.40. The maximum Gasteiger partial charge on any atom is 0.405 e. The van der Waals surface area contributed by atoms with Crippen LogP contribution in [0.1, 0.15) is 12.0 Å². The molecule has 1 unspecified atom stereocenters. The molecule has 1 saturated heterocycles. The Morgan fingerprint density at radius 1 is 1.05 bits per heavy atom. The first-order valence-electron chi connectivity index (χ1n) is 12.1. The van der Waals surface area contributed by atoms with E-state index in [9.17, 15) is 14.4 Å². The van der Waals surface area contributed by atoms with Crippen LogP contribution in [0.15, 0.2) is 77.9 Å². The molecule has 0 radical (unpaired) electrons. The van der Waals surface area contributed by atoms with E-state index in [0.717, 1.165) is 22.0 Å². The molecule has 5 rings (SSSR count). The van der Waals surface area contributed by atoms with Crippen molar-refractivity contribution in [2.75, 3.05) is 26.7 Å². The number of rotatable bonds is 7. The molecular weight excluding hydrogens is 472 g/mol. The maximum absolute atomic E-state index is 13.6. The summed E-state index contributed by atoms with van der Waals surface area (Å²) in [6.45, 7) is 0.248. The van der Waals surface area contributed by atoms with E-state index in [1.165, 1.54) is 5.01 Å². The van der Waals surface area contributed by atoms with E-state index >= 15 is 0 Å². The second kappa shape index (κ2) is 9.93. The Morgan fingerprint density at radius 3 is 2.54 bits per heavy atom. The lowest BCUT2D eigenvalue weighted by atomic mass is 9.73. The quantitative estimate of drug-likeness (QED) is 0.536. The minimum absolute atomic E-state index is 0.122. The zero-order valence-corrected chi connectivity index (χ0v) is 20.5. The number of benzene rings is 3. The van der Waals surface area contributed by atoms with Gasteiger partial charge in [0.25, 0.3) is 11.8 Å². The first kappa shape index (κ1) is 24.3. The van der Waals surface area contributed by atoms with E-state index < -0.39 is 23.5 Å². The lowest BCUT2D eigenvalue weighted by molar-refractivity contribution is -0.146. The highest BCUT2D eigenvalue weighted by Gasteiger charge is 2.54. The third kappa shape index (κ3) is 4.84. The highest BCUT2D eigenvalue weighted by Crippen LogP contribution is 2.38. The monoisotopic (exact) mass is 500 g/mol. The van der Waals surface area contributed by atoms with Gasteiger partial charge in [-0.25, -0.2) is 9.80 Å². The summed E-state index contributed by atoms with van der Waals surface area (Å²) in [5.41, 5.74) is 6.05. The Morgan fingerprint density at radius 2 is 1.78 bits per heavy atom. The van der Waals surface area contributed by atoms with E-state index in [0.29, 0.717) is 25.1 Å². The molecule has 2 aliphatic heterocycles. The number of piperidine rings is 1. The molecule has 2 N–H and O–H groups in total. The summed E-state index contributed by atoms with van der Waals surface area (Å²) >= 11 is 0. The molecule has 3 aromatic carbocycles. The Bertz CT molecular complexity index is 1380. The topological polar surface area (TPSA) is 115 Å². The van der Waals surface area contributed by atoms with Crippen LogP contribution >= 0.6 is 0 Å². The van der Waals surface area contributed by atoms with Gasteiger partial charge in [0, 0.05) is 26.6 Å². The minimum atomic E-state index is -1.26. The van der Waals surface area contributed by atoms with Crippen LogP contribution in [0.25, 0.3) is 10.8 Å². The van der Waals surface area contributed by atoms with Gasteiger partial charge in [-0.3, -0.25) is 9.59 Å². The van der Waals surface area contributed by atoms with Gasteiger partial charge < -0.3 is 20.1 Å². The van der Waals surface area contributed by atoms with Crippen LogP contribution in [0.2, 0.25) is 0 Å². The number of carbonyl (C=O) groups is 3. The highest BCUT2D eigenvalue weighted by atomic mass is 16.6. The fourth-order valence-corrected chi connectivity index (χ4v) is 5.14. The van der Waals surface area contributed by atoms with Crippen molar-refractivity contribution < 1.29 is 23.9 Å². The number of fused-ring (bicyclic) bond motifs is 2. The Balaban J connectivity index is 1.36. The second-order valence-corrected chi connectivity index (χ2v) is 9.38. The van der Waals surface area contributed by atoms with Crippen LogP contribution in [0.4, 0.5) is 4.79 Å². The van der Waals surface area contributed by atoms with E-state index in [-0.39, 0.29) is 19.1 Å². The maximum atomic E-state index is 13.6. The molecule has 0 bridgehead atoms. The third-order valence-electron chi connectivity index (χ3n) is 6.92. The van der Waals surface area contributed by atoms with Gasteiger partial charge in [-0.15, -0.1) is 0 Å². The molecule has 9 heteroatoms. The molecular formula is C28H28N4O5. The second-order valence-electron chi connectivity index (χ2n) is 9.38. The normalized spacial score (nSPS) is 19.8. The number of primary amides is 1. The summed E-state index contributed by atoms with van der Waals surface area (Å²) < 4.78 is 11.0. The smallest absolute Gasteiger partial charge is 0.405 e. The summed E-state index contributed by atoms with van der Waals surface area (Å²) in [5, 5.41) is 7.87. The highest BCUT2D eigenvalue weighted by molar-refractivity contribution is 6.13. The molecule has 9 nitrogen and oxygen atoms in total. The van der Waals surface area contributed by atoms with Crippen LogP contribution in [0.3, 0.4) is 0 Å². The van der Waals surface area contributed by atoms with Crippen LogP contribution in [-0.2, 0) is 20.7 Å². The van der Waals surface area contributed by atoms with Crippen LogP contribution < -0.4 is 10.5 Å². The summed E-state index contributed by atoms with van der Waals surface area (Å²) in [6.07, 6.45) is -1.49. The first-order chi connectivity index (χ1) is 17.9. The molecule has 2 atom stereocenters. The third-order valence-corrected chi connectivity index (χ3v) is 6.92. The summed E-state index contributed by atoms with van der Waals surface area (Å²) in [7, 11) is 1.63. The summed E-state index contributed by atoms with van der Waals surface area (Å²) in [4.78, 5) is 40.1. The minimum Gasteiger partial charge on any atom is -0.489 e. The van der Waals surface area contributed by atoms with Gasteiger partial charge in [-0.05, 0) is 34.9 Å². The number of hydrazone groups is 1. The van der Waals surface area contributed by atoms with Crippen molar-refractivity contribution >= 4 is 34.4 Å². The number of amides is 3. The number of hydrogen-bond acceptors (Lipinski definition) is 6. The van der Waals surface area contributed by atoms with Gasteiger partial charge in [0.1, 0.15) is 17.8 Å². The van der Waals surface area contributed by atoms with Crippen molar-refractivity contribution in [3.63, 3.8) is 0 Å². The zero-order chi connectivity index (χ0) is 26.0. The van der Waals surface area contributed by atoms with Gasteiger partial charge in [0.15, 0.2) is 0 Å². The fraction of sp³-hybridized carbons (Fsp3) is 0.286. The van der Waals surface area contributed by atoms with Crippen molar-refractivity contribution in [1.29, 1.82) is 0 Å². The molecule has 1 fully saturated rings. The van der Waals surface area contributed by atoms with Crippen LogP contribution in [0.5, 0.6) is 5.75 Å². The molecule has 3 aromatic rings. The average molecular weight is 501 g/mol. The predicted molar refractivity (Wildman–Crippen MR) is 138 cm³/mol. The predicted octanol–water partition coefficient (Wildman–Crippen LogP) is 2.97. The van der Waals surface area contributed by atoms with Crippen molar-refractivity contribution in [1.82, 2.24) is 9.91 Å². The molecule has 0 saturated carbocycles. The summed E-state index contributed by atoms with van der Waals surface area (Å²) in [5.74, 6) is -0.0946. The molecule has 37 heavy (non-hydrogen) atoms. The van der Waals surface area contributed by atoms with Crippen molar-refractivity contribution in [3.8, 4) is 5.75 Å². The van der Waals surface area contributed by atoms with Crippen molar-refractivity contribution in [3.05, 3.63) is 78.4 Å². The average Bonchev–Trinajstić information content (AvgIpc) is 3.15. The van der Waals surface area contributed by atoms with Gasteiger partial charge in [-0.1, -0.05) is 60.7 Å². The number of carbonyl (C=O) groups excluding carboxylic acids is 3. The lowest BCUT2D eigenvalue weighted by Crippen LogP contribution is -2.58. The first-order valence-corrected chi connectivity index (χ1v) is 12.1.